The summed E-state index contributed by atoms with van der Waals surface area (Å²) >= 11 is 0. The lowest BCUT2D eigenvalue weighted by Gasteiger charge is -2.14. The second-order valence-corrected chi connectivity index (χ2v) is 3.72. The minimum atomic E-state index is 0.886. The lowest BCUT2D eigenvalue weighted by Crippen LogP contribution is -2.29. The fourth-order valence-electron chi connectivity index (χ4n) is 1.46. The molecule has 80 valence electrons. The Kier molecular flexibility index (Phi) is 9.94. The second kappa shape index (κ2) is 10.0. The Balaban J connectivity index is 3.25. The van der Waals surface area contributed by atoms with Crippen LogP contribution in [0.25, 0.3) is 0 Å². The van der Waals surface area contributed by atoms with Gasteiger partial charge in [0.1, 0.15) is 0 Å². The van der Waals surface area contributed by atoms with Crippen LogP contribution in [-0.2, 0) is 0 Å². The molecule has 0 aromatic rings. The van der Waals surface area contributed by atoms with Crippen molar-refractivity contribution in [2.45, 2.75) is 39.5 Å². The molecule has 13 heavy (non-hydrogen) atoms. The third-order valence-corrected chi connectivity index (χ3v) is 2.53. The normalized spacial score (nSPS) is 13.2. The Morgan fingerprint density at radius 3 is 2.46 bits per heavy atom. The zero-order valence-electron chi connectivity index (χ0n) is 9.53. The molecule has 0 aromatic carbocycles. The lowest BCUT2D eigenvalue weighted by atomic mass is 9.99. The third kappa shape index (κ3) is 8.26. The molecule has 0 aliphatic heterocycles. The zero-order chi connectivity index (χ0) is 9.94. The monoisotopic (exact) mass is 186 g/mol. The van der Waals surface area contributed by atoms with Gasteiger partial charge in [-0.1, -0.05) is 33.1 Å². The Labute approximate surface area is 83.5 Å². The summed E-state index contributed by atoms with van der Waals surface area (Å²) in [5.74, 6) is 0.886. The summed E-state index contributed by atoms with van der Waals surface area (Å²) in [6.45, 7) is 7.92. The highest BCUT2D eigenvalue weighted by atomic mass is 14.9. The van der Waals surface area contributed by atoms with Crippen molar-refractivity contribution in [2.24, 2.45) is 5.92 Å². The van der Waals surface area contributed by atoms with E-state index in [1.165, 1.54) is 32.2 Å². The van der Waals surface area contributed by atoms with E-state index in [2.05, 4.69) is 24.5 Å². The van der Waals surface area contributed by atoms with Crippen LogP contribution in [0.1, 0.15) is 39.5 Å². The van der Waals surface area contributed by atoms with Crippen LogP contribution in [0.3, 0.4) is 0 Å². The average Bonchev–Trinajstić information content (AvgIpc) is 2.17. The topological polar surface area (TPSA) is 24.1 Å². The lowest BCUT2D eigenvalue weighted by molar-refractivity contribution is 0.420. The summed E-state index contributed by atoms with van der Waals surface area (Å²) in [6.07, 6.45) is 5.41. The molecular formula is C11H26N2. The highest BCUT2D eigenvalue weighted by molar-refractivity contribution is 4.61. The first-order chi connectivity index (χ1) is 6.35. The highest BCUT2D eigenvalue weighted by Crippen LogP contribution is 2.10. The molecule has 0 saturated heterocycles. The largest absolute Gasteiger partial charge is 0.318 e. The second-order valence-electron chi connectivity index (χ2n) is 3.72. The third-order valence-electron chi connectivity index (χ3n) is 2.53. The van der Waals surface area contributed by atoms with Crippen molar-refractivity contribution in [2.75, 3.05) is 26.7 Å². The van der Waals surface area contributed by atoms with Gasteiger partial charge in [0.2, 0.25) is 0 Å². The maximum absolute atomic E-state index is 3.48. The molecule has 0 spiro atoms. The van der Waals surface area contributed by atoms with Crippen molar-refractivity contribution in [1.29, 1.82) is 0 Å². The van der Waals surface area contributed by atoms with Gasteiger partial charge in [-0.25, -0.2) is 0 Å². The van der Waals surface area contributed by atoms with E-state index in [9.17, 15) is 0 Å². The van der Waals surface area contributed by atoms with E-state index >= 15 is 0 Å². The fourth-order valence-corrected chi connectivity index (χ4v) is 1.46. The smallest absolute Gasteiger partial charge is 0.00767 e. The first-order valence-corrected chi connectivity index (χ1v) is 5.70. The predicted molar refractivity (Wildman–Crippen MR) is 60.1 cm³/mol. The van der Waals surface area contributed by atoms with Crippen molar-refractivity contribution in [3.05, 3.63) is 0 Å². The summed E-state index contributed by atoms with van der Waals surface area (Å²) < 4.78 is 0. The summed E-state index contributed by atoms with van der Waals surface area (Å²) in [7, 11) is 2.00. The molecule has 0 aromatic heterocycles. The van der Waals surface area contributed by atoms with E-state index in [1.54, 1.807) is 0 Å². The first kappa shape index (κ1) is 12.9. The van der Waals surface area contributed by atoms with Gasteiger partial charge in [-0.15, -0.1) is 0 Å². The number of hydrogen-bond donors (Lipinski definition) is 2. The van der Waals surface area contributed by atoms with E-state index in [4.69, 9.17) is 0 Å². The number of rotatable bonds is 9. The van der Waals surface area contributed by atoms with Crippen LogP contribution in [-0.4, -0.2) is 26.7 Å². The molecule has 0 aliphatic carbocycles. The standard InChI is InChI=1S/C11H26N2/c1-4-6-7-11(5-2)10-13-9-8-12-3/h11-13H,4-10H2,1-3H3. The van der Waals surface area contributed by atoms with Crippen LogP contribution in [0.5, 0.6) is 0 Å². The maximum Gasteiger partial charge on any atom is 0.00767 e. The predicted octanol–water partition coefficient (Wildman–Crippen LogP) is 2.01. The summed E-state index contributed by atoms with van der Waals surface area (Å²) in [5.41, 5.74) is 0. The summed E-state index contributed by atoms with van der Waals surface area (Å²) in [5, 5.41) is 6.62. The summed E-state index contributed by atoms with van der Waals surface area (Å²) in [4.78, 5) is 0. The highest BCUT2D eigenvalue weighted by Gasteiger charge is 2.03. The average molecular weight is 186 g/mol. The molecule has 0 aliphatic rings. The molecule has 0 saturated carbocycles. The molecule has 1 unspecified atom stereocenters. The van der Waals surface area contributed by atoms with Gasteiger partial charge in [-0.3, -0.25) is 0 Å². The van der Waals surface area contributed by atoms with Crippen molar-refractivity contribution in [3.8, 4) is 0 Å². The van der Waals surface area contributed by atoms with Crippen molar-refractivity contribution >= 4 is 0 Å². The SMILES string of the molecule is CCCCC(CC)CNCCNC. The molecule has 2 nitrogen and oxygen atoms in total. The zero-order valence-corrected chi connectivity index (χ0v) is 9.53. The molecule has 0 heterocycles. The Hall–Kier alpha value is -0.0800. The van der Waals surface area contributed by atoms with Crippen molar-refractivity contribution < 1.29 is 0 Å². The fraction of sp³-hybridized carbons (Fsp3) is 1.00. The minimum Gasteiger partial charge on any atom is -0.318 e. The van der Waals surface area contributed by atoms with Gasteiger partial charge in [-0.05, 0) is 25.9 Å². The van der Waals surface area contributed by atoms with E-state index in [0.717, 1.165) is 19.0 Å². The Morgan fingerprint density at radius 1 is 1.15 bits per heavy atom. The van der Waals surface area contributed by atoms with Crippen LogP contribution < -0.4 is 10.6 Å². The van der Waals surface area contributed by atoms with Gasteiger partial charge in [0.25, 0.3) is 0 Å². The molecule has 0 fully saturated rings. The molecule has 0 amide bonds. The van der Waals surface area contributed by atoms with Crippen LogP contribution in [0, 0.1) is 5.92 Å². The van der Waals surface area contributed by atoms with Crippen molar-refractivity contribution in [3.63, 3.8) is 0 Å². The van der Waals surface area contributed by atoms with E-state index in [-0.39, 0.29) is 0 Å². The minimum absolute atomic E-state index is 0.886. The van der Waals surface area contributed by atoms with Gasteiger partial charge >= 0.3 is 0 Å². The van der Waals surface area contributed by atoms with Gasteiger partial charge in [0.05, 0.1) is 0 Å². The van der Waals surface area contributed by atoms with E-state index < -0.39 is 0 Å². The molecule has 2 heteroatoms. The molecule has 0 radical (unpaired) electrons. The van der Waals surface area contributed by atoms with Gasteiger partial charge in [0, 0.05) is 13.1 Å². The Bertz CT molecular complexity index is 94.1. The van der Waals surface area contributed by atoms with Crippen LogP contribution in [0.4, 0.5) is 0 Å². The maximum atomic E-state index is 3.48. The number of likely N-dealkylation sites (N-methyl/N-ethyl adjacent to an activating group) is 1. The molecule has 2 N–H and O–H groups in total. The van der Waals surface area contributed by atoms with E-state index in [0.29, 0.717) is 0 Å². The van der Waals surface area contributed by atoms with Crippen molar-refractivity contribution in [1.82, 2.24) is 10.6 Å². The number of unbranched alkanes of at least 4 members (excludes halogenated alkanes) is 1. The number of nitrogens with one attached hydrogen (secondary N) is 2. The number of hydrogen-bond acceptors (Lipinski definition) is 2. The van der Waals surface area contributed by atoms with Gasteiger partial charge in [-0.2, -0.15) is 0 Å². The molecular weight excluding hydrogens is 160 g/mol. The molecule has 0 bridgehead atoms. The van der Waals surface area contributed by atoms with Gasteiger partial charge < -0.3 is 10.6 Å². The summed E-state index contributed by atoms with van der Waals surface area (Å²) in [6, 6.07) is 0. The van der Waals surface area contributed by atoms with Gasteiger partial charge in [0.15, 0.2) is 0 Å². The quantitative estimate of drug-likeness (QED) is 0.538. The van der Waals surface area contributed by atoms with Crippen LogP contribution >= 0.6 is 0 Å². The molecule has 1 atom stereocenters. The van der Waals surface area contributed by atoms with Crippen LogP contribution in [0.15, 0.2) is 0 Å². The Morgan fingerprint density at radius 2 is 1.92 bits per heavy atom. The molecule has 0 rings (SSSR count). The first-order valence-electron chi connectivity index (χ1n) is 5.70. The van der Waals surface area contributed by atoms with Crippen LogP contribution in [0.2, 0.25) is 0 Å². The van der Waals surface area contributed by atoms with E-state index in [1.807, 2.05) is 7.05 Å².